The van der Waals surface area contributed by atoms with E-state index in [9.17, 15) is 4.79 Å². The standard InChI is InChI=1S/C15H16N4O2/c1-4-7-16-13(20)10-9(2)21-14-11(10)12(17-8-18-14)19-15(3)5-6-15/h1,8H,5-7H2,2-3H3,(H,16,20)(H,17,18,19). The van der Waals surface area contributed by atoms with E-state index in [0.29, 0.717) is 28.2 Å². The number of aryl methyl sites for hydroxylation is 1. The van der Waals surface area contributed by atoms with Crippen LogP contribution in [0.2, 0.25) is 0 Å². The Morgan fingerprint density at radius 2 is 2.29 bits per heavy atom. The van der Waals surface area contributed by atoms with Crippen molar-refractivity contribution in [1.82, 2.24) is 15.3 Å². The van der Waals surface area contributed by atoms with Gasteiger partial charge in [-0.2, -0.15) is 0 Å². The molecule has 1 amide bonds. The minimum atomic E-state index is -0.275. The molecule has 0 atom stereocenters. The quantitative estimate of drug-likeness (QED) is 0.838. The molecule has 0 spiro atoms. The molecule has 0 saturated heterocycles. The number of terminal acetylenes is 1. The Labute approximate surface area is 122 Å². The maximum Gasteiger partial charge on any atom is 0.256 e. The van der Waals surface area contributed by atoms with E-state index >= 15 is 0 Å². The molecule has 2 aromatic rings. The summed E-state index contributed by atoms with van der Waals surface area (Å²) in [5, 5.41) is 6.63. The van der Waals surface area contributed by atoms with Crippen molar-refractivity contribution in [3.05, 3.63) is 17.7 Å². The second kappa shape index (κ2) is 4.77. The van der Waals surface area contributed by atoms with E-state index in [1.165, 1.54) is 6.33 Å². The van der Waals surface area contributed by atoms with Crippen LogP contribution in [0.3, 0.4) is 0 Å². The fourth-order valence-corrected chi connectivity index (χ4v) is 2.23. The number of fused-ring (bicyclic) bond motifs is 1. The van der Waals surface area contributed by atoms with Gasteiger partial charge < -0.3 is 15.1 Å². The van der Waals surface area contributed by atoms with Crippen molar-refractivity contribution < 1.29 is 9.21 Å². The van der Waals surface area contributed by atoms with Crippen LogP contribution >= 0.6 is 0 Å². The second-order valence-corrected chi connectivity index (χ2v) is 5.51. The molecule has 21 heavy (non-hydrogen) atoms. The smallest absolute Gasteiger partial charge is 0.256 e. The lowest BCUT2D eigenvalue weighted by molar-refractivity contribution is 0.0958. The van der Waals surface area contributed by atoms with Crippen molar-refractivity contribution in [2.75, 3.05) is 11.9 Å². The van der Waals surface area contributed by atoms with Gasteiger partial charge in [-0.1, -0.05) is 5.92 Å². The number of carbonyl (C=O) groups is 1. The second-order valence-electron chi connectivity index (χ2n) is 5.51. The summed E-state index contributed by atoms with van der Waals surface area (Å²) in [6.07, 6.45) is 8.76. The van der Waals surface area contributed by atoms with Crippen molar-refractivity contribution in [2.45, 2.75) is 32.2 Å². The Kier molecular flexibility index (Phi) is 3.05. The van der Waals surface area contributed by atoms with Gasteiger partial charge in [-0.15, -0.1) is 6.42 Å². The van der Waals surface area contributed by atoms with Gasteiger partial charge in [-0.3, -0.25) is 4.79 Å². The van der Waals surface area contributed by atoms with Crippen LogP contribution in [0.4, 0.5) is 5.82 Å². The molecule has 2 heterocycles. The van der Waals surface area contributed by atoms with Crippen molar-refractivity contribution in [3.8, 4) is 12.3 Å². The Morgan fingerprint density at radius 3 is 2.95 bits per heavy atom. The number of aromatic nitrogens is 2. The third-order valence-corrected chi connectivity index (χ3v) is 3.66. The average Bonchev–Trinajstić information content (AvgIpc) is 3.06. The minimum absolute atomic E-state index is 0.0407. The van der Waals surface area contributed by atoms with E-state index in [1.807, 2.05) is 0 Å². The highest BCUT2D eigenvalue weighted by atomic mass is 16.3. The van der Waals surface area contributed by atoms with Gasteiger partial charge >= 0.3 is 0 Å². The molecule has 1 saturated carbocycles. The Bertz CT molecular complexity index is 753. The summed E-state index contributed by atoms with van der Waals surface area (Å²) in [7, 11) is 0. The van der Waals surface area contributed by atoms with Crippen LogP contribution in [0.25, 0.3) is 11.1 Å². The Morgan fingerprint density at radius 1 is 1.52 bits per heavy atom. The summed E-state index contributed by atoms with van der Waals surface area (Å²) in [6.45, 7) is 4.01. The van der Waals surface area contributed by atoms with Crippen LogP contribution in [-0.4, -0.2) is 28.0 Å². The molecule has 0 unspecified atom stereocenters. The molecule has 1 aliphatic rings. The van der Waals surface area contributed by atoms with E-state index in [1.54, 1.807) is 6.92 Å². The first kappa shape index (κ1) is 13.4. The molecule has 0 aromatic carbocycles. The van der Waals surface area contributed by atoms with Crippen molar-refractivity contribution >= 4 is 22.8 Å². The van der Waals surface area contributed by atoms with Gasteiger partial charge in [-0.25, -0.2) is 9.97 Å². The molecule has 1 aliphatic carbocycles. The van der Waals surface area contributed by atoms with Gasteiger partial charge in [0.15, 0.2) is 0 Å². The summed E-state index contributed by atoms with van der Waals surface area (Å²) >= 11 is 0. The fourth-order valence-electron chi connectivity index (χ4n) is 2.23. The number of anilines is 1. The summed E-state index contributed by atoms with van der Waals surface area (Å²) in [5.74, 6) is 3.24. The molecule has 1 fully saturated rings. The van der Waals surface area contributed by atoms with Crippen LogP contribution < -0.4 is 10.6 Å². The summed E-state index contributed by atoms with van der Waals surface area (Å²) in [5.41, 5.74) is 0.881. The summed E-state index contributed by atoms with van der Waals surface area (Å²) in [4.78, 5) is 20.6. The zero-order chi connectivity index (χ0) is 15.0. The normalized spacial score (nSPS) is 15.5. The SMILES string of the molecule is C#CCNC(=O)c1c(C)oc2ncnc(NC3(C)CC3)c12. The van der Waals surface area contributed by atoms with E-state index in [2.05, 4.69) is 33.4 Å². The number of carbonyl (C=O) groups excluding carboxylic acids is 1. The maximum atomic E-state index is 12.3. The minimum Gasteiger partial charge on any atom is -0.442 e. The summed E-state index contributed by atoms with van der Waals surface area (Å²) in [6, 6.07) is 0. The zero-order valence-electron chi connectivity index (χ0n) is 12.0. The fraction of sp³-hybridized carbons (Fsp3) is 0.400. The first-order valence-corrected chi connectivity index (χ1v) is 6.78. The van der Waals surface area contributed by atoms with Gasteiger partial charge in [0.1, 0.15) is 17.9 Å². The molecule has 3 rings (SSSR count). The molecule has 2 aromatic heterocycles. The average molecular weight is 284 g/mol. The number of hydrogen-bond acceptors (Lipinski definition) is 5. The third kappa shape index (κ3) is 2.42. The van der Waals surface area contributed by atoms with Gasteiger partial charge in [0.05, 0.1) is 17.5 Å². The van der Waals surface area contributed by atoms with E-state index in [-0.39, 0.29) is 18.0 Å². The summed E-state index contributed by atoms with van der Waals surface area (Å²) < 4.78 is 5.57. The van der Waals surface area contributed by atoms with Crippen LogP contribution in [0, 0.1) is 19.3 Å². The van der Waals surface area contributed by atoms with Crippen molar-refractivity contribution in [1.29, 1.82) is 0 Å². The first-order chi connectivity index (χ1) is 10.0. The number of furan rings is 1. The molecule has 0 radical (unpaired) electrons. The lowest BCUT2D eigenvalue weighted by Crippen LogP contribution is -2.24. The van der Waals surface area contributed by atoms with Crippen molar-refractivity contribution in [3.63, 3.8) is 0 Å². The lowest BCUT2D eigenvalue weighted by atomic mass is 10.1. The van der Waals surface area contributed by atoms with Crippen LogP contribution in [0.15, 0.2) is 10.7 Å². The molecular weight excluding hydrogens is 268 g/mol. The monoisotopic (exact) mass is 284 g/mol. The number of nitrogens with one attached hydrogen (secondary N) is 2. The molecular formula is C15H16N4O2. The highest BCUT2D eigenvalue weighted by molar-refractivity contribution is 6.10. The van der Waals surface area contributed by atoms with E-state index in [0.717, 1.165) is 12.8 Å². The number of nitrogens with zero attached hydrogens (tertiary/aromatic N) is 2. The Balaban J connectivity index is 2.08. The maximum absolute atomic E-state index is 12.3. The van der Waals surface area contributed by atoms with E-state index in [4.69, 9.17) is 10.8 Å². The molecule has 2 N–H and O–H groups in total. The largest absolute Gasteiger partial charge is 0.442 e. The topological polar surface area (TPSA) is 80.1 Å². The Hall–Kier alpha value is -2.55. The van der Waals surface area contributed by atoms with Crippen LogP contribution in [0.5, 0.6) is 0 Å². The molecule has 0 bridgehead atoms. The first-order valence-electron chi connectivity index (χ1n) is 6.78. The number of amides is 1. The van der Waals surface area contributed by atoms with Crippen molar-refractivity contribution in [2.24, 2.45) is 0 Å². The highest BCUT2D eigenvalue weighted by Crippen LogP contribution is 2.40. The predicted molar refractivity (Wildman–Crippen MR) is 79.0 cm³/mol. The van der Waals surface area contributed by atoms with Gasteiger partial charge in [0, 0.05) is 5.54 Å². The number of hydrogen-bond donors (Lipinski definition) is 2. The predicted octanol–water partition coefficient (Wildman–Crippen LogP) is 1.86. The van der Waals surface area contributed by atoms with Gasteiger partial charge in [0.25, 0.3) is 5.91 Å². The van der Waals surface area contributed by atoms with Crippen LogP contribution in [-0.2, 0) is 0 Å². The highest BCUT2D eigenvalue weighted by Gasteiger charge is 2.38. The molecule has 6 nitrogen and oxygen atoms in total. The number of rotatable bonds is 4. The zero-order valence-corrected chi connectivity index (χ0v) is 12.0. The van der Waals surface area contributed by atoms with Gasteiger partial charge in [0.2, 0.25) is 5.71 Å². The lowest BCUT2D eigenvalue weighted by Gasteiger charge is -2.13. The van der Waals surface area contributed by atoms with Gasteiger partial charge in [-0.05, 0) is 26.7 Å². The van der Waals surface area contributed by atoms with E-state index < -0.39 is 0 Å². The molecule has 6 heteroatoms. The van der Waals surface area contributed by atoms with Crippen LogP contribution in [0.1, 0.15) is 35.9 Å². The molecule has 108 valence electrons. The third-order valence-electron chi connectivity index (χ3n) is 3.66. The molecule has 0 aliphatic heterocycles.